The summed E-state index contributed by atoms with van der Waals surface area (Å²) in [5.74, 6) is 0.855. The van der Waals surface area contributed by atoms with Crippen molar-refractivity contribution in [1.82, 2.24) is 16.0 Å². The molecule has 0 aromatic heterocycles. The molecule has 1 aliphatic rings. The Balaban J connectivity index is 1.90. The molecule has 0 unspecified atom stereocenters. The summed E-state index contributed by atoms with van der Waals surface area (Å²) in [6.07, 6.45) is 5.91. The number of amides is 1. The lowest BCUT2D eigenvalue weighted by atomic mass is 10.1. The fourth-order valence-corrected chi connectivity index (χ4v) is 2.89. The highest BCUT2D eigenvalue weighted by molar-refractivity contribution is 5.94. The Kier molecular flexibility index (Phi) is 6.91. The normalized spacial score (nSPS) is 15.5. The summed E-state index contributed by atoms with van der Waals surface area (Å²) in [5.41, 5.74) is 1.83. The highest BCUT2D eigenvalue weighted by Crippen LogP contribution is 2.17. The van der Waals surface area contributed by atoms with Crippen LogP contribution in [0.1, 0.15) is 48.5 Å². The smallest absolute Gasteiger partial charge is 0.251 e. The predicted octanol–water partition coefficient (Wildman–Crippen LogP) is 2.09. The monoisotopic (exact) mass is 316 g/mol. The molecule has 0 heterocycles. The average molecular weight is 316 g/mol. The minimum Gasteiger partial charge on any atom is -0.357 e. The number of nitrogens with one attached hydrogen (secondary N) is 3. The zero-order valence-electron chi connectivity index (χ0n) is 14.2. The number of carbonyl (C=O) groups is 1. The van der Waals surface area contributed by atoms with Crippen molar-refractivity contribution >= 4 is 11.9 Å². The highest BCUT2D eigenvalue weighted by atomic mass is 16.1. The molecule has 1 aromatic carbocycles. The molecule has 1 amide bonds. The fraction of sp³-hybridized carbons (Fsp3) is 0.556. The third-order valence-electron chi connectivity index (χ3n) is 4.13. The van der Waals surface area contributed by atoms with Gasteiger partial charge in [0.15, 0.2) is 5.96 Å². The summed E-state index contributed by atoms with van der Waals surface area (Å²) in [6, 6.07) is 8.29. The first-order valence-corrected chi connectivity index (χ1v) is 8.58. The van der Waals surface area contributed by atoms with Crippen molar-refractivity contribution in [3.05, 3.63) is 35.4 Å². The molecule has 0 bridgehead atoms. The standard InChI is InChI=1S/C18H28N4O/c1-3-20-18(22-16-9-4-5-10-16)21-12-11-14-7-6-8-15(13-14)17(23)19-2/h6-8,13,16H,3-5,9-12H2,1-2H3,(H,19,23)(H2,20,21,22). The number of hydrogen-bond donors (Lipinski definition) is 3. The van der Waals surface area contributed by atoms with Crippen LogP contribution in [0.2, 0.25) is 0 Å². The fourth-order valence-electron chi connectivity index (χ4n) is 2.89. The first kappa shape index (κ1) is 17.3. The van der Waals surface area contributed by atoms with Gasteiger partial charge in [-0.2, -0.15) is 0 Å². The second kappa shape index (κ2) is 9.18. The van der Waals surface area contributed by atoms with Gasteiger partial charge in [0.1, 0.15) is 0 Å². The SMILES string of the molecule is CCNC(=NCCc1cccc(C(=O)NC)c1)NC1CCCC1. The van der Waals surface area contributed by atoms with E-state index < -0.39 is 0 Å². The lowest BCUT2D eigenvalue weighted by Crippen LogP contribution is -2.42. The Hall–Kier alpha value is -2.04. The summed E-state index contributed by atoms with van der Waals surface area (Å²) in [7, 11) is 1.65. The molecule has 1 aromatic rings. The molecule has 0 radical (unpaired) electrons. The third kappa shape index (κ3) is 5.58. The van der Waals surface area contributed by atoms with E-state index in [9.17, 15) is 4.79 Å². The van der Waals surface area contributed by atoms with Gasteiger partial charge < -0.3 is 16.0 Å². The predicted molar refractivity (Wildman–Crippen MR) is 94.9 cm³/mol. The van der Waals surface area contributed by atoms with Gasteiger partial charge in [-0.3, -0.25) is 9.79 Å². The van der Waals surface area contributed by atoms with Crippen molar-refractivity contribution in [1.29, 1.82) is 0 Å². The van der Waals surface area contributed by atoms with E-state index in [1.54, 1.807) is 7.05 Å². The van der Waals surface area contributed by atoms with Crippen LogP contribution >= 0.6 is 0 Å². The molecule has 0 aliphatic heterocycles. The molecule has 0 spiro atoms. The van der Waals surface area contributed by atoms with Crippen molar-refractivity contribution in [2.24, 2.45) is 4.99 Å². The second-order valence-electron chi connectivity index (χ2n) is 5.92. The van der Waals surface area contributed by atoms with Crippen LogP contribution in [-0.2, 0) is 6.42 Å². The number of hydrogen-bond acceptors (Lipinski definition) is 2. The van der Waals surface area contributed by atoms with Crippen molar-refractivity contribution < 1.29 is 4.79 Å². The van der Waals surface area contributed by atoms with Gasteiger partial charge in [0.25, 0.3) is 5.91 Å². The van der Waals surface area contributed by atoms with Crippen LogP contribution in [0.5, 0.6) is 0 Å². The Morgan fingerprint density at radius 2 is 2.09 bits per heavy atom. The first-order valence-electron chi connectivity index (χ1n) is 8.58. The van der Waals surface area contributed by atoms with Gasteiger partial charge in [-0.05, 0) is 43.9 Å². The Labute approximate surface area is 139 Å². The van der Waals surface area contributed by atoms with Gasteiger partial charge in [-0.25, -0.2) is 0 Å². The molecular formula is C18H28N4O. The summed E-state index contributed by atoms with van der Waals surface area (Å²) in [4.78, 5) is 16.3. The molecule has 5 heteroatoms. The highest BCUT2D eigenvalue weighted by Gasteiger charge is 2.15. The third-order valence-corrected chi connectivity index (χ3v) is 4.13. The zero-order valence-corrected chi connectivity index (χ0v) is 14.2. The minimum absolute atomic E-state index is 0.0495. The van der Waals surface area contributed by atoms with Crippen molar-refractivity contribution in [3.63, 3.8) is 0 Å². The van der Waals surface area contributed by atoms with E-state index in [0.29, 0.717) is 18.2 Å². The Morgan fingerprint density at radius 1 is 1.30 bits per heavy atom. The van der Waals surface area contributed by atoms with Crippen molar-refractivity contribution in [2.45, 2.75) is 45.1 Å². The number of benzene rings is 1. The lowest BCUT2D eigenvalue weighted by molar-refractivity contribution is 0.0963. The summed E-state index contributed by atoms with van der Waals surface area (Å²) in [5, 5.41) is 9.48. The number of nitrogens with zero attached hydrogens (tertiary/aromatic N) is 1. The molecule has 3 N–H and O–H groups in total. The van der Waals surface area contributed by atoms with Gasteiger partial charge in [0.05, 0.1) is 0 Å². The van der Waals surface area contributed by atoms with Gasteiger partial charge in [0, 0.05) is 31.7 Å². The van der Waals surface area contributed by atoms with E-state index in [-0.39, 0.29) is 5.91 Å². The largest absolute Gasteiger partial charge is 0.357 e. The van der Waals surface area contributed by atoms with E-state index in [1.165, 1.54) is 25.7 Å². The van der Waals surface area contributed by atoms with E-state index in [2.05, 4.69) is 27.9 Å². The van der Waals surface area contributed by atoms with Crippen LogP contribution < -0.4 is 16.0 Å². The Morgan fingerprint density at radius 3 is 2.78 bits per heavy atom. The van der Waals surface area contributed by atoms with Gasteiger partial charge in [-0.15, -0.1) is 0 Å². The molecule has 1 aliphatic carbocycles. The molecular weight excluding hydrogens is 288 g/mol. The zero-order chi connectivity index (χ0) is 16.5. The quantitative estimate of drug-likeness (QED) is 0.556. The van der Waals surface area contributed by atoms with Crippen LogP contribution in [-0.4, -0.2) is 38.0 Å². The van der Waals surface area contributed by atoms with Gasteiger partial charge >= 0.3 is 0 Å². The van der Waals surface area contributed by atoms with Crippen LogP contribution in [0.15, 0.2) is 29.3 Å². The molecule has 1 fully saturated rings. The number of guanidine groups is 1. The maximum Gasteiger partial charge on any atom is 0.251 e. The van der Waals surface area contributed by atoms with E-state index in [4.69, 9.17) is 0 Å². The maximum absolute atomic E-state index is 11.7. The lowest BCUT2D eigenvalue weighted by Gasteiger charge is -2.16. The number of rotatable bonds is 6. The van der Waals surface area contributed by atoms with E-state index in [0.717, 1.165) is 24.5 Å². The van der Waals surface area contributed by atoms with Crippen molar-refractivity contribution in [2.75, 3.05) is 20.1 Å². The summed E-state index contributed by atoms with van der Waals surface area (Å²) >= 11 is 0. The average Bonchev–Trinajstić information content (AvgIpc) is 3.07. The number of carbonyl (C=O) groups excluding carboxylic acids is 1. The summed E-state index contributed by atoms with van der Waals surface area (Å²) < 4.78 is 0. The molecule has 5 nitrogen and oxygen atoms in total. The molecule has 2 rings (SSSR count). The van der Waals surface area contributed by atoms with Crippen LogP contribution in [0.3, 0.4) is 0 Å². The molecule has 126 valence electrons. The topological polar surface area (TPSA) is 65.5 Å². The second-order valence-corrected chi connectivity index (χ2v) is 5.92. The maximum atomic E-state index is 11.7. The van der Waals surface area contributed by atoms with Crippen molar-refractivity contribution in [3.8, 4) is 0 Å². The van der Waals surface area contributed by atoms with Crippen LogP contribution in [0.4, 0.5) is 0 Å². The number of aliphatic imine (C=N–C) groups is 1. The van der Waals surface area contributed by atoms with Crippen LogP contribution in [0.25, 0.3) is 0 Å². The van der Waals surface area contributed by atoms with Crippen LogP contribution in [0, 0.1) is 0 Å². The molecule has 0 atom stereocenters. The van der Waals surface area contributed by atoms with Gasteiger partial charge in [0.2, 0.25) is 0 Å². The first-order chi connectivity index (χ1) is 11.2. The Bertz CT molecular complexity index is 536. The van der Waals surface area contributed by atoms with E-state index in [1.807, 2.05) is 24.3 Å². The minimum atomic E-state index is -0.0495. The molecule has 23 heavy (non-hydrogen) atoms. The van der Waals surface area contributed by atoms with Gasteiger partial charge in [-0.1, -0.05) is 25.0 Å². The summed E-state index contributed by atoms with van der Waals surface area (Å²) in [6.45, 7) is 3.66. The molecule has 1 saturated carbocycles. The molecule has 0 saturated heterocycles. The van der Waals surface area contributed by atoms with E-state index >= 15 is 0 Å².